The van der Waals surface area contributed by atoms with E-state index in [-0.39, 0.29) is 0 Å². The molecule has 0 unspecified atom stereocenters. The first-order valence-corrected chi connectivity index (χ1v) is 8.45. The molecule has 14 nitrogen and oxygen atoms in total. The van der Waals surface area contributed by atoms with Crippen LogP contribution >= 0.6 is 0 Å². The van der Waals surface area contributed by atoms with Gasteiger partial charge in [0.1, 0.15) is 55.4 Å². The Morgan fingerprint density at radius 3 is 2.11 bits per heavy atom. The molecule has 10 atom stereocenters. The standard InChI is InChI=1S/C14H26N2O12/c15-6(19)3-25-16-13-10(23)9(22)12(5(2-18)26-13)28-14-11(24)8(21)7(20)4(1-17)27-14/h4-5,7-14,16-18,20-24H,1-3H2,(H2,15,19)/t4-,5+,7+,8+,9-,10-,11-,12-,13-,14+/m1/s1. The Morgan fingerprint density at radius 1 is 0.893 bits per heavy atom. The highest BCUT2D eigenvalue weighted by molar-refractivity contribution is 5.74. The van der Waals surface area contributed by atoms with Crippen LogP contribution < -0.4 is 11.2 Å². The summed E-state index contributed by atoms with van der Waals surface area (Å²) < 4.78 is 15.9. The topological polar surface area (TPSA) is 234 Å². The van der Waals surface area contributed by atoms with Crippen molar-refractivity contribution in [2.45, 2.75) is 61.3 Å². The molecule has 28 heavy (non-hydrogen) atoms. The fourth-order valence-corrected chi connectivity index (χ4v) is 2.88. The van der Waals surface area contributed by atoms with Crippen molar-refractivity contribution in [1.82, 2.24) is 5.48 Å². The van der Waals surface area contributed by atoms with Gasteiger partial charge in [0.25, 0.3) is 0 Å². The molecule has 2 rings (SSSR count). The number of nitrogens with one attached hydrogen (secondary N) is 1. The van der Waals surface area contributed by atoms with Crippen molar-refractivity contribution in [3.8, 4) is 0 Å². The molecule has 14 heteroatoms. The minimum atomic E-state index is -1.75. The van der Waals surface area contributed by atoms with Gasteiger partial charge in [-0.3, -0.25) is 9.63 Å². The van der Waals surface area contributed by atoms with Crippen LogP contribution in [-0.2, 0) is 23.8 Å². The summed E-state index contributed by atoms with van der Waals surface area (Å²) >= 11 is 0. The molecule has 0 bridgehead atoms. The molecule has 10 N–H and O–H groups in total. The fraction of sp³-hybridized carbons (Fsp3) is 0.929. The predicted molar refractivity (Wildman–Crippen MR) is 84.7 cm³/mol. The minimum absolute atomic E-state index is 0.544. The quantitative estimate of drug-likeness (QED) is 0.168. The van der Waals surface area contributed by atoms with E-state index in [9.17, 15) is 40.5 Å². The van der Waals surface area contributed by atoms with Gasteiger partial charge in [0.15, 0.2) is 12.5 Å². The Morgan fingerprint density at radius 2 is 1.54 bits per heavy atom. The van der Waals surface area contributed by atoms with Crippen LogP contribution in [-0.4, -0.2) is 123 Å². The highest BCUT2D eigenvalue weighted by Crippen LogP contribution is 2.28. The highest BCUT2D eigenvalue weighted by atomic mass is 16.7. The van der Waals surface area contributed by atoms with E-state index in [1.165, 1.54) is 0 Å². The molecule has 2 saturated heterocycles. The number of hydroxylamine groups is 1. The fourth-order valence-electron chi connectivity index (χ4n) is 2.88. The average Bonchev–Trinajstić information content (AvgIpc) is 2.66. The summed E-state index contributed by atoms with van der Waals surface area (Å²) in [6, 6.07) is 0. The second-order valence-corrected chi connectivity index (χ2v) is 6.43. The van der Waals surface area contributed by atoms with Gasteiger partial charge in [-0.05, 0) is 0 Å². The number of carbonyl (C=O) groups excluding carboxylic acids is 1. The Hall–Kier alpha value is -1.01. The minimum Gasteiger partial charge on any atom is -0.394 e. The largest absolute Gasteiger partial charge is 0.394 e. The zero-order valence-corrected chi connectivity index (χ0v) is 14.6. The number of nitrogens with two attached hydrogens (primary N) is 1. The van der Waals surface area contributed by atoms with E-state index in [4.69, 9.17) is 24.8 Å². The molecule has 0 aromatic rings. The number of hydrogen-bond acceptors (Lipinski definition) is 13. The van der Waals surface area contributed by atoms with Crippen molar-refractivity contribution < 1.29 is 59.6 Å². The first-order valence-electron chi connectivity index (χ1n) is 8.45. The third kappa shape index (κ3) is 5.12. The Labute approximate surface area is 158 Å². The molecule has 0 saturated carbocycles. The van der Waals surface area contributed by atoms with Crippen LogP contribution in [0.4, 0.5) is 0 Å². The Kier molecular flexibility index (Phi) is 8.44. The van der Waals surface area contributed by atoms with Crippen LogP contribution in [0.5, 0.6) is 0 Å². The smallest absolute Gasteiger partial charge is 0.245 e. The lowest BCUT2D eigenvalue weighted by Gasteiger charge is -2.46. The monoisotopic (exact) mass is 414 g/mol. The van der Waals surface area contributed by atoms with Gasteiger partial charge >= 0.3 is 0 Å². The third-order valence-electron chi connectivity index (χ3n) is 4.42. The zero-order chi connectivity index (χ0) is 21.0. The molecule has 0 radical (unpaired) electrons. The summed E-state index contributed by atoms with van der Waals surface area (Å²) in [6.45, 7) is -1.93. The van der Waals surface area contributed by atoms with Crippen LogP contribution in [0.25, 0.3) is 0 Å². The lowest BCUT2D eigenvalue weighted by molar-refractivity contribution is -0.347. The van der Waals surface area contributed by atoms with Gasteiger partial charge in [0.05, 0.1) is 13.2 Å². The van der Waals surface area contributed by atoms with Crippen molar-refractivity contribution in [1.29, 1.82) is 0 Å². The lowest BCUT2D eigenvalue weighted by Crippen LogP contribution is -2.66. The maximum Gasteiger partial charge on any atom is 0.245 e. The Balaban J connectivity index is 2.05. The van der Waals surface area contributed by atoms with Crippen molar-refractivity contribution in [2.24, 2.45) is 5.73 Å². The number of ether oxygens (including phenoxy) is 3. The van der Waals surface area contributed by atoms with Crippen molar-refractivity contribution >= 4 is 5.91 Å². The Bertz CT molecular complexity index is 509. The maximum atomic E-state index is 10.7. The molecular formula is C14H26N2O12. The number of primary amides is 1. The molecule has 0 aromatic heterocycles. The van der Waals surface area contributed by atoms with Crippen LogP contribution in [0.3, 0.4) is 0 Å². The molecule has 2 fully saturated rings. The average molecular weight is 414 g/mol. The molecule has 2 aliphatic heterocycles. The van der Waals surface area contributed by atoms with E-state index < -0.39 is 87.1 Å². The van der Waals surface area contributed by atoms with Crippen LogP contribution in [0.1, 0.15) is 0 Å². The van der Waals surface area contributed by atoms with Gasteiger partial charge in [-0.1, -0.05) is 0 Å². The van der Waals surface area contributed by atoms with E-state index in [0.29, 0.717) is 0 Å². The summed E-state index contributed by atoms with van der Waals surface area (Å²) in [5, 5.41) is 68.8. The normalized spacial score (nSPS) is 44.4. The summed E-state index contributed by atoms with van der Waals surface area (Å²) in [4.78, 5) is 15.4. The zero-order valence-electron chi connectivity index (χ0n) is 14.6. The molecule has 2 aliphatic rings. The van der Waals surface area contributed by atoms with Crippen LogP contribution in [0.15, 0.2) is 0 Å². The van der Waals surface area contributed by atoms with Gasteiger partial charge in [-0.15, -0.1) is 0 Å². The lowest BCUT2D eigenvalue weighted by atomic mass is 9.96. The van der Waals surface area contributed by atoms with Gasteiger partial charge in [0.2, 0.25) is 5.91 Å². The van der Waals surface area contributed by atoms with Gasteiger partial charge in [-0.25, -0.2) is 0 Å². The number of amides is 1. The summed E-state index contributed by atoms with van der Waals surface area (Å²) in [6.07, 6.45) is -15.3. The van der Waals surface area contributed by atoms with E-state index in [1.807, 2.05) is 0 Å². The van der Waals surface area contributed by atoms with Crippen molar-refractivity contribution in [3.63, 3.8) is 0 Å². The van der Waals surface area contributed by atoms with E-state index in [1.54, 1.807) is 0 Å². The first kappa shape index (κ1) is 23.3. The number of aliphatic hydroxyl groups is 7. The summed E-state index contributed by atoms with van der Waals surface area (Å²) in [5.74, 6) is -0.805. The van der Waals surface area contributed by atoms with Crippen LogP contribution in [0, 0.1) is 0 Å². The third-order valence-corrected chi connectivity index (χ3v) is 4.42. The molecule has 2 heterocycles. The highest BCUT2D eigenvalue weighted by Gasteiger charge is 2.50. The number of aliphatic hydroxyl groups excluding tert-OH is 7. The molecule has 0 aliphatic carbocycles. The van der Waals surface area contributed by atoms with E-state index in [0.717, 1.165) is 0 Å². The molecule has 0 aromatic carbocycles. The summed E-state index contributed by atoms with van der Waals surface area (Å²) in [5.41, 5.74) is 7.07. The van der Waals surface area contributed by atoms with E-state index >= 15 is 0 Å². The van der Waals surface area contributed by atoms with E-state index in [2.05, 4.69) is 5.48 Å². The van der Waals surface area contributed by atoms with Gasteiger partial charge in [-0.2, -0.15) is 5.48 Å². The number of carbonyl (C=O) groups is 1. The second kappa shape index (κ2) is 10.1. The predicted octanol–water partition coefficient (Wildman–Crippen LogP) is -6.38. The molecule has 164 valence electrons. The molecule has 1 amide bonds. The molecular weight excluding hydrogens is 388 g/mol. The first-order chi connectivity index (χ1) is 13.2. The number of rotatable bonds is 8. The van der Waals surface area contributed by atoms with Gasteiger partial charge in [0, 0.05) is 0 Å². The van der Waals surface area contributed by atoms with Crippen molar-refractivity contribution in [2.75, 3.05) is 19.8 Å². The number of hydrogen-bond donors (Lipinski definition) is 9. The SMILES string of the molecule is NC(=O)CON[C@@H]1O[C@@H](CO)[C@@H](O[C@@H]2O[C@H](CO)[C@H](O)[C@H](O)[C@H]2O)[C@H](O)[C@H]1O. The van der Waals surface area contributed by atoms with Crippen molar-refractivity contribution in [3.05, 3.63) is 0 Å². The van der Waals surface area contributed by atoms with Gasteiger partial charge < -0.3 is 55.7 Å². The summed E-state index contributed by atoms with van der Waals surface area (Å²) in [7, 11) is 0. The second-order valence-electron chi connectivity index (χ2n) is 6.43. The molecule has 0 spiro atoms. The van der Waals surface area contributed by atoms with Crippen LogP contribution in [0.2, 0.25) is 0 Å². The maximum absolute atomic E-state index is 10.7.